The van der Waals surface area contributed by atoms with Crippen LogP contribution in [0.1, 0.15) is 37.5 Å². The Kier molecular flexibility index (Phi) is 7.11. The summed E-state index contributed by atoms with van der Waals surface area (Å²) in [6.45, 7) is 6.52. The van der Waals surface area contributed by atoms with E-state index in [0.717, 1.165) is 20.5 Å². The van der Waals surface area contributed by atoms with Gasteiger partial charge in [0, 0.05) is 16.9 Å². The molecule has 0 saturated heterocycles. The molecule has 29 heavy (non-hydrogen) atoms. The number of nitrogens with zero attached hydrogens (tertiary/aromatic N) is 2. The maximum Gasteiger partial charge on any atom is 0.250 e. The van der Waals surface area contributed by atoms with Crippen molar-refractivity contribution in [3.63, 3.8) is 0 Å². The van der Waals surface area contributed by atoms with Gasteiger partial charge in [-0.25, -0.2) is 0 Å². The third-order valence-electron chi connectivity index (χ3n) is 4.15. The van der Waals surface area contributed by atoms with Crippen molar-refractivity contribution in [2.75, 3.05) is 5.32 Å². The molecule has 0 aliphatic carbocycles. The number of carbonyl (C=O) groups is 1. The van der Waals surface area contributed by atoms with Gasteiger partial charge in [-0.3, -0.25) is 10.1 Å². The van der Waals surface area contributed by atoms with Crippen LogP contribution in [-0.2, 0) is 16.0 Å². The molecule has 0 bridgehead atoms. The predicted molar refractivity (Wildman–Crippen MR) is 124 cm³/mol. The first-order chi connectivity index (χ1) is 13.8. The number of nitrogens with one attached hydrogen (secondary N) is 1. The molecular formula is C22H22ClN3OS2. The highest BCUT2D eigenvalue weighted by Gasteiger charge is 2.12. The van der Waals surface area contributed by atoms with Crippen LogP contribution < -0.4 is 5.32 Å². The number of thioether (sulfide) groups is 1. The largest absolute Gasteiger partial charge is 0.297 e. The summed E-state index contributed by atoms with van der Waals surface area (Å²) in [6, 6.07) is 15.9. The number of amides is 1. The third-order valence-corrected chi connectivity index (χ3v) is 6.54. The highest BCUT2D eigenvalue weighted by molar-refractivity contribution is 8.00. The van der Waals surface area contributed by atoms with Crippen LogP contribution in [0, 0.1) is 0 Å². The predicted octanol–water partition coefficient (Wildman–Crippen LogP) is 6.43. The second kappa shape index (κ2) is 9.57. The molecule has 1 amide bonds. The fourth-order valence-electron chi connectivity index (χ4n) is 2.49. The van der Waals surface area contributed by atoms with Gasteiger partial charge in [0.25, 0.3) is 0 Å². The summed E-state index contributed by atoms with van der Waals surface area (Å²) < 4.78 is 0.780. The van der Waals surface area contributed by atoms with Crippen LogP contribution in [-0.4, -0.2) is 16.1 Å². The SMILES string of the molecule is CC(C)(C)c1ccc(C=CC(=O)Nc2nnc(SCc3ccccc3Cl)s2)cc1. The Morgan fingerprint density at radius 1 is 1.14 bits per heavy atom. The fourth-order valence-corrected chi connectivity index (χ4v) is 4.53. The normalized spacial score (nSPS) is 11.7. The first kappa shape index (κ1) is 21.6. The Hall–Kier alpha value is -2.15. The third kappa shape index (κ3) is 6.42. The first-order valence-electron chi connectivity index (χ1n) is 9.10. The van der Waals surface area contributed by atoms with Crippen LogP contribution in [0.3, 0.4) is 0 Å². The summed E-state index contributed by atoms with van der Waals surface area (Å²) in [5.74, 6) is 0.468. The van der Waals surface area contributed by atoms with E-state index in [1.807, 2.05) is 36.4 Å². The minimum absolute atomic E-state index is 0.110. The number of hydrogen-bond acceptors (Lipinski definition) is 5. The van der Waals surface area contributed by atoms with E-state index in [0.29, 0.717) is 10.9 Å². The maximum absolute atomic E-state index is 12.2. The van der Waals surface area contributed by atoms with Crippen molar-refractivity contribution < 1.29 is 4.79 Å². The molecule has 0 spiro atoms. The first-order valence-corrected chi connectivity index (χ1v) is 11.3. The van der Waals surface area contributed by atoms with Crippen molar-refractivity contribution in [1.82, 2.24) is 10.2 Å². The minimum atomic E-state index is -0.233. The standard InChI is InChI=1S/C22H22ClN3OS2/c1-22(2,3)17-11-8-15(9-12-17)10-13-19(27)24-20-25-26-21(29-20)28-14-16-6-4-5-7-18(16)23/h4-13H,14H2,1-3H3,(H,24,25,27). The Bertz CT molecular complexity index is 1010. The molecule has 0 unspecified atom stereocenters. The van der Waals surface area contributed by atoms with Crippen molar-refractivity contribution in [1.29, 1.82) is 0 Å². The zero-order valence-electron chi connectivity index (χ0n) is 16.5. The van der Waals surface area contributed by atoms with Crippen LogP contribution in [0.2, 0.25) is 5.02 Å². The second-order valence-electron chi connectivity index (χ2n) is 7.45. The molecule has 1 N–H and O–H groups in total. The highest BCUT2D eigenvalue weighted by Crippen LogP contribution is 2.30. The van der Waals surface area contributed by atoms with E-state index < -0.39 is 0 Å². The van der Waals surface area contributed by atoms with Gasteiger partial charge >= 0.3 is 0 Å². The highest BCUT2D eigenvalue weighted by atomic mass is 35.5. The monoisotopic (exact) mass is 443 g/mol. The van der Waals surface area contributed by atoms with Crippen molar-refractivity contribution >= 4 is 51.8 Å². The number of aromatic nitrogens is 2. The van der Waals surface area contributed by atoms with Gasteiger partial charge in [0.2, 0.25) is 11.0 Å². The summed E-state index contributed by atoms with van der Waals surface area (Å²) in [5.41, 5.74) is 3.38. The number of carbonyl (C=O) groups excluding carboxylic acids is 1. The van der Waals surface area contributed by atoms with Crippen molar-refractivity contribution in [3.05, 3.63) is 76.3 Å². The molecule has 1 heterocycles. The molecule has 7 heteroatoms. The lowest BCUT2D eigenvalue weighted by Gasteiger charge is -2.18. The molecule has 0 fully saturated rings. The Balaban J connectivity index is 1.53. The maximum atomic E-state index is 12.2. The molecule has 150 valence electrons. The van der Waals surface area contributed by atoms with E-state index in [1.54, 1.807) is 17.8 Å². The van der Waals surface area contributed by atoms with E-state index in [1.165, 1.54) is 23.0 Å². The van der Waals surface area contributed by atoms with Gasteiger partial charge in [0.05, 0.1) is 0 Å². The topological polar surface area (TPSA) is 54.9 Å². The van der Waals surface area contributed by atoms with Gasteiger partial charge in [-0.15, -0.1) is 10.2 Å². The van der Waals surface area contributed by atoms with Crippen molar-refractivity contribution in [3.8, 4) is 0 Å². The van der Waals surface area contributed by atoms with Crippen LogP contribution in [0.5, 0.6) is 0 Å². The average Bonchev–Trinajstić information content (AvgIpc) is 3.12. The van der Waals surface area contributed by atoms with Gasteiger partial charge in [0.15, 0.2) is 4.34 Å². The number of anilines is 1. The summed E-state index contributed by atoms with van der Waals surface area (Å²) in [4.78, 5) is 12.2. The fraction of sp³-hybridized carbons (Fsp3) is 0.227. The van der Waals surface area contributed by atoms with Crippen molar-refractivity contribution in [2.24, 2.45) is 0 Å². The lowest BCUT2D eigenvalue weighted by molar-refractivity contribution is -0.111. The molecule has 0 aliphatic rings. The molecule has 0 atom stereocenters. The summed E-state index contributed by atoms with van der Waals surface area (Å²) in [7, 11) is 0. The lowest BCUT2D eigenvalue weighted by atomic mass is 9.87. The molecule has 2 aromatic carbocycles. The Morgan fingerprint density at radius 3 is 2.55 bits per heavy atom. The van der Waals surface area contributed by atoms with E-state index in [9.17, 15) is 4.79 Å². The second-order valence-corrected chi connectivity index (χ2v) is 10.1. The van der Waals surface area contributed by atoms with Crippen LogP contribution in [0.4, 0.5) is 5.13 Å². The van der Waals surface area contributed by atoms with Gasteiger partial charge in [-0.1, -0.05) is 97.9 Å². The average molecular weight is 444 g/mol. The molecule has 0 radical (unpaired) electrons. The van der Waals surface area contributed by atoms with Gasteiger partial charge in [-0.2, -0.15) is 0 Å². The van der Waals surface area contributed by atoms with Crippen LogP contribution >= 0.6 is 34.7 Å². The zero-order chi connectivity index (χ0) is 20.9. The molecule has 1 aromatic heterocycles. The summed E-state index contributed by atoms with van der Waals surface area (Å²) in [5, 5.41) is 12.1. The van der Waals surface area contributed by atoms with E-state index in [-0.39, 0.29) is 11.3 Å². The molecular weight excluding hydrogens is 422 g/mol. The molecule has 3 rings (SSSR count). The molecule has 3 aromatic rings. The summed E-state index contributed by atoms with van der Waals surface area (Å²) >= 11 is 9.05. The molecule has 0 saturated carbocycles. The minimum Gasteiger partial charge on any atom is -0.297 e. The quantitative estimate of drug-likeness (QED) is 0.271. The van der Waals surface area contributed by atoms with Crippen LogP contribution in [0.15, 0.2) is 58.9 Å². The Labute approximate surface area is 184 Å². The smallest absolute Gasteiger partial charge is 0.250 e. The van der Waals surface area contributed by atoms with Crippen LogP contribution in [0.25, 0.3) is 6.08 Å². The molecule has 0 aliphatic heterocycles. The van der Waals surface area contributed by atoms with E-state index in [2.05, 4.69) is 48.4 Å². The number of rotatable bonds is 6. The Morgan fingerprint density at radius 2 is 1.86 bits per heavy atom. The number of hydrogen-bond donors (Lipinski definition) is 1. The number of benzene rings is 2. The summed E-state index contributed by atoms with van der Waals surface area (Å²) in [6.07, 6.45) is 3.29. The van der Waals surface area contributed by atoms with Gasteiger partial charge in [0.1, 0.15) is 0 Å². The zero-order valence-corrected chi connectivity index (χ0v) is 18.9. The van der Waals surface area contributed by atoms with Gasteiger partial charge < -0.3 is 0 Å². The van der Waals surface area contributed by atoms with Gasteiger partial charge in [-0.05, 0) is 34.2 Å². The molecule has 4 nitrogen and oxygen atoms in total. The number of halogens is 1. The lowest BCUT2D eigenvalue weighted by Crippen LogP contribution is -2.10. The van der Waals surface area contributed by atoms with E-state index >= 15 is 0 Å². The van der Waals surface area contributed by atoms with E-state index in [4.69, 9.17) is 11.6 Å². The van der Waals surface area contributed by atoms with Crippen molar-refractivity contribution in [2.45, 2.75) is 36.3 Å².